The lowest BCUT2D eigenvalue weighted by molar-refractivity contribution is 0.209. The van der Waals surface area contributed by atoms with Gasteiger partial charge in [-0.2, -0.15) is 0 Å². The van der Waals surface area contributed by atoms with Gasteiger partial charge in [-0.05, 0) is 44.9 Å². The molecule has 2 nitrogen and oxygen atoms in total. The lowest BCUT2D eigenvalue weighted by atomic mass is 10.0. The third-order valence-corrected chi connectivity index (χ3v) is 3.57. The van der Waals surface area contributed by atoms with Crippen molar-refractivity contribution in [3.63, 3.8) is 0 Å². The molecule has 0 fully saturated rings. The largest absolute Gasteiger partial charge is 0.382 e. The van der Waals surface area contributed by atoms with Gasteiger partial charge >= 0.3 is 0 Å². The van der Waals surface area contributed by atoms with Crippen LogP contribution in [0.1, 0.15) is 39.7 Å². The van der Waals surface area contributed by atoms with Gasteiger partial charge in [-0.25, -0.2) is 4.39 Å². The van der Waals surface area contributed by atoms with Crippen molar-refractivity contribution in [3.8, 4) is 0 Å². The van der Waals surface area contributed by atoms with Crippen LogP contribution in [0.5, 0.6) is 0 Å². The molecule has 0 saturated carbocycles. The molecule has 0 radical (unpaired) electrons. The zero-order valence-corrected chi connectivity index (χ0v) is 11.1. The van der Waals surface area contributed by atoms with Crippen molar-refractivity contribution in [1.29, 1.82) is 0 Å². The quantitative estimate of drug-likeness (QED) is 0.837. The van der Waals surface area contributed by atoms with E-state index in [2.05, 4.69) is 4.98 Å². The molecule has 0 spiro atoms. The molecule has 0 amide bonds. The minimum absolute atomic E-state index is 0.319. The number of aromatic nitrogens is 1. The molecule has 0 aliphatic rings. The molecular weight excluding hydrogens is 229 g/mol. The Bertz CT molecular complexity index is 586. The number of aliphatic hydroxyl groups excluding tert-OH is 1. The van der Waals surface area contributed by atoms with Crippen LogP contribution >= 0.6 is 0 Å². The van der Waals surface area contributed by atoms with Crippen LogP contribution in [0.2, 0.25) is 0 Å². The normalized spacial score (nSPS) is 12.8. The maximum atomic E-state index is 13.8. The van der Waals surface area contributed by atoms with Crippen molar-refractivity contribution in [2.75, 3.05) is 0 Å². The second-order valence-electron chi connectivity index (χ2n) is 4.84. The van der Waals surface area contributed by atoms with Crippen LogP contribution in [-0.4, -0.2) is 10.1 Å². The highest BCUT2D eigenvalue weighted by molar-refractivity contribution is 5.40. The first-order valence-electron chi connectivity index (χ1n) is 6.01. The highest BCUT2D eigenvalue weighted by Gasteiger charge is 2.20. The van der Waals surface area contributed by atoms with Gasteiger partial charge in [-0.3, -0.25) is 0 Å². The number of hydrogen-bond donors (Lipinski definition) is 2. The molecule has 0 aliphatic carbocycles. The average molecular weight is 247 g/mol. The Hall–Kier alpha value is -1.61. The molecule has 0 saturated heterocycles. The fourth-order valence-electron chi connectivity index (χ4n) is 2.17. The molecule has 3 heteroatoms. The minimum Gasteiger partial charge on any atom is -0.382 e. The van der Waals surface area contributed by atoms with Gasteiger partial charge in [0.15, 0.2) is 0 Å². The number of benzene rings is 1. The molecule has 0 aliphatic heterocycles. The molecule has 2 aromatic rings. The molecule has 96 valence electrons. The predicted octanol–water partition coefficient (Wildman–Crippen LogP) is 3.47. The van der Waals surface area contributed by atoms with Gasteiger partial charge in [0, 0.05) is 11.3 Å². The van der Waals surface area contributed by atoms with E-state index in [0.717, 1.165) is 22.4 Å². The molecule has 18 heavy (non-hydrogen) atoms. The first-order chi connectivity index (χ1) is 8.41. The van der Waals surface area contributed by atoms with E-state index >= 15 is 0 Å². The lowest BCUT2D eigenvalue weighted by Crippen LogP contribution is -2.05. The number of hydrogen-bond acceptors (Lipinski definition) is 1. The zero-order valence-electron chi connectivity index (χ0n) is 11.1. The van der Waals surface area contributed by atoms with E-state index in [9.17, 15) is 9.50 Å². The Morgan fingerprint density at radius 3 is 2.33 bits per heavy atom. The number of H-pyrrole nitrogens is 1. The smallest absolute Gasteiger partial charge is 0.129 e. The number of halogens is 1. The SMILES string of the molecule is Cc1ccc(F)c(C(O)c2[nH]c(C)c(C)c2C)c1. The molecule has 1 heterocycles. The van der Waals surface area contributed by atoms with Crippen LogP contribution < -0.4 is 0 Å². The Balaban J connectivity index is 2.50. The third-order valence-electron chi connectivity index (χ3n) is 3.57. The summed E-state index contributed by atoms with van der Waals surface area (Å²) in [4.78, 5) is 3.14. The van der Waals surface area contributed by atoms with E-state index in [1.165, 1.54) is 6.07 Å². The fraction of sp³-hybridized carbons (Fsp3) is 0.333. The van der Waals surface area contributed by atoms with Crippen LogP contribution in [0.15, 0.2) is 18.2 Å². The number of nitrogens with one attached hydrogen (secondary N) is 1. The Morgan fingerprint density at radius 1 is 1.11 bits per heavy atom. The lowest BCUT2D eigenvalue weighted by Gasteiger charge is -2.13. The molecule has 0 bridgehead atoms. The number of aromatic amines is 1. The third kappa shape index (κ3) is 2.06. The first-order valence-corrected chi connectivity index (χ1v) is 6.01. The number of aliphatic hydroxyl groups is 1. The summed E-state index contributed by atoms with van der Waals surface area (Å²) in [7, 11) is 0. The summed E-state index contributed by atoms with van der Waals surface area (Å²) < 4.78 is 13.8. The summed E-state index contributed by atoms with van der Waals surface area (Å²) in [5.41, 5.74) is 5.03. The van der Waals surface area contributed by atoms with E-state index in [1.54, 1.807) is 12.1 Å². The van der Waals surface area contributed by atoms with E-state index < -0.39 is 6.10 Å². The molecule has 1 atom stereocenters. The van der Waals surface area contributed by atoms with Crippen molar-refractivity contribution >= 4 is 0 Å². The minimum atomic E-state index is -0.947. The second-order valence-corrected chi connectivity index (χ2v) is 4.84. The summed E-state index contributed by atoms with van der Waals surface area (Å²) in [6.45, 7) is 7.76. The standard InChI is InChI=1S/C15H18FNO/c1-8-5-6-13(16)12(7-8)15(18)14-10(3)9(2)11(4)17-14/h5-7,15,17-18H,1-4H3. The van der Waals surface area contributed by atoms with Gasteiger partial charge in [0.1, 0.15) is 11.9 Å². The van der Waals surface area contributed by atoms with Crippen molar-refractivity contribution in [1.82, 2.24) is 4.98 Å². The highest BCUT2D eigenvalue weighted by Crippen LogP contribution is 2.29. The maximum absolute atomic E-state index is 13.8. The summed E-state index contributed by atoms with van der Waals surface area (Å²) >= 11 is 0. The van der Waals surface area contributed by atoms with Gasteiger partial charge in [0.05, 0.1) is 5.69 Å². The van der Waals surface area contributed by atoms with Gasteiger partial charge in [0.2, 0.25) is 0 Å². The van der Waals surface area contributed by atoms with Crippen LogP contribution in [-0.2, 0) is 0 Å². The Morgan fingerprint density at radius 2 is 1.78 bits per heavy atom. The second kappa shape index (κ2) is 4.58. The van der Waals surface area contributed by atoms with Gasteiger partial charge < -0.3 is 10.1 Å². The van der Waals surface area contributed by atoms with Gasteiger partial charge in [0.25, 0.3) is 0 Å². The summed E-state index contributed by atoms with van der Waals surface area (Å²) in [5, 5.41) is 10.3. The predicted molar refractivity (Wildman–Crippen MR) is 70.2 cm³/mol. The van der Waals surface area contributed by atoms with Crippen LogP contribution in [0, 0.1) is 33.5 Å². The molecule has 1 aromatic carbocycles. The van der Waals surface area contributed by atoms with Crippen LogP contribution in [0.25, 0.3) is 0 Å². The van der Waals surface area contributed by atoms with E-state index in [-0.39, 0.29) is 5.82 Å². The molecular formula is C15H18FNO. The highest BCUT2D eigenvalue weighted by atomic mass is 19.1. The van der Waals surface area contributed by atoms with E-state index in [1.807, 2.05) is 27.7 Å². The van der Waals surface area contributed by atoms with Gasteiger partial charge in [-0.1, -0.05) is 17.7 Å². The fourth-order valence-corrected chi connectivity index (χ4v) is 2.17. The maximum Gasteiger partial charge on any atom is 0.129 e. The zero-order chi connectivity index (χ0) is 13.4. The monoisotopic (exact) mass is 247 g/mol. The van der Waals surface area contributed by atoms with E-state index in [0.29, 0.717) is 11.3 Å². The summed E-state index contributed by atoms with van der Waals surface area (Å²) in [6, 6.07) is 4.78. The first kappa shape index (κ1) is 12.8. The summed E-state index contributed by atoms with van der Waals surface area (Å²) in [5.74, 6) is -0.377. The molecule has 1 aromatic heterocycles. The van der Waals surface area contributed by atoms with E-state index in [4.69, 9.17) is 0 Å². The molecule has 2 rings (SSSR count). The summed E-state index contributed by atoms with van der Waals surface area (Å²) in [6.07, 6.45) is -0.947. The molecule has 1 unspecified atom stereocenters. The van der Waals surface area contributed by atoms with Gasteiger partial charge in [-0.15, -0.1) is 0 Å². The average Bonchev–Trinajstić information content (AvgIpc) is 2.59. The topological polar surface area (TPSA) is 36.0 Å². The van der Waals surface area contributed by atoms with Crippen molar-refractivity contribution in [2.45, 2.75) is 33.8 Å². The Kier molecular flexibility index (Phi) is 3.26. The molecule has 2 N–H and O–H groups in total. The van der Waals surface area contributed by atoms with Crippen LogP contribution in [0.4, 0.5) is 4.39 Å². The number of aryl methyl sites for hydroxylation is 2. The van der Waals surface area contributed by atoms with Crippen molar-refractivity contribution in [3.05, 3.63) is 57.7 Å². The van der Waals surface area contributed by atoms with Crippen molar-refractivity contribution < 1.29 is 9.50 Å². The van der Waals surface area contributed by atoms with Crippen molar-refractivity contribution in [2.24, 2.45) is 0 Å². The Labute approximate surface area is 106 Å². The number of rotatable bonds is 2. The van der Waals surface area contributed by atoms with Crippen LogP contribution in [0.3, 0.4) is 0 Å².